The first kappa shape index (κ1) is 11.9. The van der Waals surface area contributed by atoms with E-state index < -0.39 is 11.6 Å². The van der Waals surface area contributed by atoms with Gasteiger partial charge in [0.1, 0.15) is 5.56 Å². The average molecular weight is 252 g/mol. The molecule has 1 unspecified atom stereocenters. The van der Waals surface area contributed by atoms with Gasteiger partial charge in [0, 0.05) is 4.88 Å². The highest BCUT2D eigenvalue weighted by Crippen LogP contribution is 2.37. The van der Waals surface area contributed by atoms with E-state index in [-0.39, 0.29) is 11.3 Å². The number of carboxylic acids is 1. The summed E-state index contributed by atoms with van der Waals surface area (Å²) in [5.74, 6) is -1.04. The molecule has 4 nitrogen and oxygen atoms in total. The van der Waals surface area contributed by atoms with Crippen LogP contribution in [0.3, 0.4) is 0 Å². The molecule has 0 aromatic carbocycles. The molecule has 2 aromatic heterocycles. The number of rotatable bonds is 3. The van der Waals surface area contributed by atoms with Crippen LogP contribution in [0.2, 0.25) is 0 Å². The first-order valence-electron chi connectivity index (χ1n) is 5.03. The van der Waals surface area contributed by atoms with Gasteiger partial charge in [-0.2, -0.15) is 0 Å². The minimum absolute atomic E-state index is 0.0113. The minimum atomic E-state index is -1.42. The number of aromatic carboxylic acids is 1. The molecule has 2 aromatic rings. The molecule has 0 amide bonds. The third-order valence-electron chi connectivity index (χ3n) is 2.64. The Kier molecular flexibility index (Phi) is 2.81. The molecule has 2 N–H and O–H groups in total. The molecule has 90 valence electrons. The van der Waals surface area contributed by atoms with Gasteiger partial charge in [0.2, 0.25) is 0 Å². The molecular weight excluding hydrogens is 240 g/mol. The molecule has 0 saturated heterocycles. The number of aliphatic hydroxyl groups is 1. The average Bonchev–Trinajstić information content (AvgIpc) is 2.84. The lowest BCUT2D eigenvalue weighted by atomic mass is 9.95. The lowest BCUT2D eigenvalue weighted by Gasteiger charge is -2.21. The Morgan fingerprint density at radius 1 is 1.47 bits per heavy atom. The van der Waals surface area contributed by atoms with Crippen molar-refractivity contribution in [3.63, 3.8) is 0 Å². The number of hydrogen-bond acceptors (Lipinski definition) is 4. The molecule has 2 rings (SSSR count). The van der Waals surface area contributed by atoms with Gasteiger partial charge in [-0.05, 0) is 36.9 Å². The van der Waals surface area contributed by atoms with E-state index in [0.717, 1.165) is 5.56 Å². The molecular formula is C12H12O4S. The number of aryl methyl sites for hydroxylation is 1. The summed E-state index contributed by atoms with van der Waals surface area (Å²) in [7, 11) is 0. The number of thiophene rings is 1. The van der Waals surface area contributed by atoms with Crippen LogP contribution in [0.4, 0.5) is 0 Å². The maximum absolute atomic E-state index is 11.0. The number of hydrogen-bond donors (Lipinski definition) is 2. The molecule has 2 heterocycles. The van der Waals surface area contributed by atoms with E-state index in [1.165, 1.54) is 30.6 Å². The van der Waals surface area contributed by atoms with Crippen LogP contribution in [-0.4, -0.2) is 16.2 Å². The van der Waals surface area contributed by atoms with E-state index >= 15 is 0 Å². The smallest absolute Gasteiger partial charge is 0.339 e. The lowest BCUT2D eigenvalue weighted by Crippen LogP contribution is -2.24. The fourth-order valence-corrected chi connectivity index (χ4v) is 2.81. The summed E-state index contributed by atoms with van der Waals surface area (Å²) in [6.45, 7) is 3.40. The second-order valence-corrected chi connectivity index (χ2v) is 4.89. The van der Waals surface area contributed by atoms with Gasteiger partial charge in [0.05, 0.1) is 6.26 Å². The Morgan fingerprint density at radius 3 is 2.71 bits per heavy atom. The van der Waals surface area contributed by atoms with Gasteiger partial charge in [0.25, 0.3) is 0 Å². The van der Waals surface area contributed by atoms with Gasteiger partial charge in [-0.15, -0.1) is 11.3 Å². The fraction of sp³-hybridized carbons (Fsp3) is 0.250. The molecule has 0 aliphatic carbocycles. The van der Waals surface area contributed by atoms with Crippen LogP contribution >= 0.6 is 11.3 Å². The number of carboxylic acid groups (broad SMARTS) is 1. The predicted molar refractivity (Wildman–Crippen MR) is 63.4 cm³/mol. The SMILES string of the molecule is Cc1ccsc1C(C)(O)c1occc1C(=O)O. The normalized spacial score (nSPS) is 14.5. The monoisotopic (exact) mass is 252 g/mol. The predicted octanol–water partition coefficient (Wildman–Crippen LogP) is 2.60. The zero-order valence-electron chi connectivity index (χ0n) is 9.43. The Balaban J connectivity index is 2.55. The van der Waals surface area contributed by atoms with Crippen molar-refractivity contribution in [2.24, 2.45) is 0 Å². The van der Waals surface area contributed by atoms with E-state index in [1.807, 2.05) is 18.4 Å². The summed E-state index contributed by atoms with van der Waals surface area (Å²) in [4.78, 5) is 11.7. The second kappa shape index (κ2) is 4.01. The van der Waals surface area contributed by atoms with E-state index in [0.29, 0.717) is 4.88 Å². The summed E-state index contributed by atoms with van der Waals surface area (Å²) in [6, 6.07) is 3.22. The third kappa shape index (κ3) is 1.87. The van der Waals surface area contributed by atoms with Crippen molar-refractivity contribution >= 4 is 17.3 Å². The second-order valence-electron chi connectivity index (χ2n) is 3.97. The number of carbonyl (C=O) groups is 1. The Morgan fingerprint density at radius 2 is 2.18 bits per heavy atom. The van der Waals surface area contributed by atoms with Crippen molar-refractivity contribution < 1.29 is 19.4 Å². The van der Waals surface area contributed by atoms with Crippen LogP contribution in [-0.2, 0) is 5.60 Å². The van der Waals surface area contributed by atoms with Gasteiger partial charge in [0.15, 0.2) is 11.4 Å². The van der Waals surface area contributed by atoms with Crippen LogP contribution in [0.5, 0.6) is 0 Å². The van der Waals surface area contributed by atoms with Crippen molar-refractivity contribution in [1.29, 1.82) is 0 Å². The Bertz CT molecular complexity index is 550. The number of furan rings is 1. The lowest BCUT2D eigenvalue weighted by molar-refractivity contribution is 0.0625. The van der Waals surface area contributed by atoms with Crippen molar-refractivity contribution in [2.45, 2.75) is 19.4 Å². The highest BCUT2D eigenvalue weighted by Gasteiger charge is 2.35. The molecule has 17 heavy (non-hydrogen) atoms. The zero-order valence-corrected chi connectivity index (χ0v) is 10.2. The highest BCUT2D eigenvalue weighted by atomic mass is 32.1. The van der Waals surface area contributed by atoms with Crippen molar-refractivity contribution in [3.8, 4) is 0 Å². The summed E-state index contributed by atoms with van der Waals surface area (Å²) < 4.78 is 5.15. The zero-order chi connectivity index (χ0) is 12.6. The highest BCUT2D eigenvalue weighted by molar-refractivity contribution is 7.10. The summed E-state index contributed by atoms with van der Waals surface area (Å²) in [6.07, 6.45) is 1.27. The van der Waals surface area contributed by atoms with Crippen LogP contribution < -0.4 is 0 Å². The molecule has 0 spiro atoms. The molecule has 0 radical (unpaired) electrons. The molecule has 5 heteroatoms. The van der Waals surface area contributed by atoms with Crippen LogP contribution in [0, 0.1) is 6.92 Å². The standard InChI is InChI=1S/C12H12O4S/c1-7-4-6-17-10(7)12(2,15)9-8(11(13)14)3-5-16-9/h3-6,15H,1-2H3,(H,13,14). The van der Waals surface area contributed by atoms with Crippen molar-refractivity contribution in [3.05, 3.63) is 45.5 Å². The summed E-state index contributed by atoms with van der Waals surface area (Å²) in [5, 5.41) is 21.4. The van der Waals surface area contributed by atoms with E-state index in [9.17, 15) is 9.90 Å². The third-order valence-corrected chi connectivity index (χ3v) is 3.87. The van der Waals surface area contributed by atoms with Gasteiger partial charge >= 0.3 is 5.97 Å². The summed E-state index contributed by atoms with van der Waals surface area (Å²) in [5.41, 5.74) is -0.523. The van der Waals surface area contributed by atoms with Gasteiger partial charge in [-0.1, -0.05) is 0 Å². The first-order valence-corrected chi connectivity index (χ1v) is 5.90. The first-order chi connectivity index (χ1) is 7.94. The quantitative estimate of drug-likeness (QED) is 0.880. The van der Waals surface area contributed by atoms with E-state index in [4.69, 9.17) is 9.52 Å². The maximum Gasteiger partial charge on any atom is 0.339 e. The molecule has 1 atom stereocenters. The molecule has 0 aliphatic heterocycles. The molecule has 0 aliphatic rings. The molecule has 0 saturated carbocycles. The van der Waals surface area contributed by atoms with Crippen LogP contribution in [0.25, 0.3) is 0 Å². The molecule has 0 fully saturated rings. The molecule has 0 bridgehead atoms. The largest absolute Gasteiger partial charge is 0.478 e. The van der Waals surface area contributed by atoms with Gasteiger partial charge < -0.3 is 14.6 Å². The van der Waals surface area contributed by atoms with Crippen LogP contribution in [0.15, 0.2) is 28.2 Å². The minimum Gasteiger partial charge on any atom is -0.478 e. The topological polar surface area (TPSA) is 70.7 Å². The Labute approximate surface area is 102 Å². The summed E-state index contributed by atoms with van der Waals surface area (Å²) >= 11 is 1.37. The fourth-order valence-electron chi connectivity index (χ4n) is 1.83. The van der Waals surface area contributed by atoms with Crippen LogP contribution in [0.1, 0.15) is 33.5 Å². The van der Waals surface area contributed by atoms with Gasteiger partial charge in [-0.25, -0.2) is 4.79 Å². The maximum atomic E-state index is 11.0. The van der Waals surface area contributed by atoms with E-state index in [1.54, 1.807) is 0 Å². The van der Waals surface area contributed by atoms with Crippen molar-refractivity contribution in [1.82, 2.24) is 0 Å². The Hall–Kier alpha value is -1.59. The van der Waals surface area contributed by atoms with Gasteiger partial charge in [-0.3, -0.25) is 0 Å². The van der Waals surface area contributed by atoms with E-state index in [2.05, 4.69) is 0 Å². The van der Waals surface area contributed by atoms with Crippen molar-refractivity contribution in [2.75, 3.05) is 0 Å².